The molecule has 8 heteroatoms. The SMILES string of the molecule is CCCCc1nc(SC)c(C(=O)OCC)n1Cc1ccc(B2OCC(C)(C)O2)cc1. The normalized spacial score (nSPS) is 15.6. The van der Waals surface area contributed by atoms with Crippen LogP contribution in [0.15, 0.2) is 29.3 Å². The number of aromatic nitrogens is 2. The van der Waals surface area contributed by atoms with E-state index in [0.717, 1.165) is 41.1 Å². The second-order valence-electron chi connectivity index (χ2n) is 8.06. The highest BCUT2D eigenvalue weighted by atomic mass is 32.2. The number of nitrogens with zero attached hydrogens (tertiary/aromatic N) is 2. The first kappa shape index (κ1) is 22.9. The first-order valence-corrected chi connectivity index (χ1v) is 11.8. The average molecular weight is 430 g/mol. The summed E-state index contributed by atoms with van der Waals surface area (Å²) in [5, 5.41) is 0.728. The van der Waals surface area contributed by atoms with Crippen LogP contribution in [0.2, 0.25) is 0 Å². The molecule has 1 aromatic heterocycles. The summed E-state index contributed by atoms with van der Waals surface area (Å²) < 4.78 is 19.1. The first-order chi connectivity index (χ1) is 14.4. The van der Waals surface area contributed by atoms with Crippen molar-refractivity contribution in [2.75, 3.05) is 19.5 Å². The zero-order valence-electron chi connectivity index (χ0n) is 18.6. The van der Waals surface area contributed by atoms with E-state index in [1.807, 2.05) is 43.7 Å². The molecule has 0 amide bonds. The van der Waals surface area contributed by atoms with Crippen LogP contribution in [0.25, 0.3) is 0 Å². The van der Waals surface area contributed by atoms with Gasteiger partial charge < -0.3 is 18.6 Å². The topological polar surface area (TPSA) is 62.6 Å². The van der Waals surface area contributed by atoms with Gasteiger partial charge in [0.05, 0.1) is 18.8 Å². The molecular weight excluding hydrogens is 399 g/mol. The lowest BCUT2D eigenvalue weighted by Gasteiger charge is -2.16. The Balaban J connectivity index is 1.87. The third-order valence-corrected chi connectivity index (χ3v) is 5.70. The van der Waals surface area contributed by atoms with Crippen LogP contribution in [0.4, 0.5) is 0 Å². The summed E-state index contributed by atoms with van der Waals surface area (Å²) in [6, 6.07) is 8.18. The molecule has 30 heavy (non-hydrogen) atoms. The Hall–Kier alpha value is -1.77. The van der Waals surface area contributed by atoms with E-state index in [-0.39, 0.29) is 18.7 Å². The standard InChI is InChI=1S/C22H31BN2O4S/c1-6-8-9-18-24-20(30-5)19(21(26)27-7-2)25(18)14-16-10-12-17(13-11-16)23-28-15-22(3,4)29-23/h10-13H,6-9,14-15H2,1-5H3. The summed E-state index contributed by atoms with van der Waals surface area (Å²) in [6.07, 6.45) is 4.87. The van der Waals surface area contributed by atoms with Crippen LogP contribution in [0.1, 0.15) is 62.4 Å². The molecular formula is C22H31BN2O4S. The van der Waals surface area contributed by atoms with Crippen molar-refractivity contribution < 1.29 is 18.8 Å². The van der Waals surface area contributed by atoms with Crippen LogP contribution in [0, 0.1) is 0 Å². The second kappa shape index (κ2) is 10.0. The maximum absolute atomic E-state index is 12.7. The van der Waals surface area contributed by atoms with Gasteiger partial charge in [-0.05, 0) is 44.5 Å². The summed E-state index contributed by atoms with van der Waals surface area (Å²) in [7, 11) is -0.333. The number of carbonyl (C=O) groups excluding carboxylic acids is 1. The van der Waals surface area contributed by atoms with E-state index >= 15 is 0 Å². The lowest BCUT2D eigenvalue weighted by molar-refractivity contribution is 0.0509. The van der Waals surface area contributed by atoms with Crippen molar-refractivity contribution >= 4 is 30.3 Å². The van der Waals surface area contributed by atoms with Crippen LogP contribution in [0.3, 0.4) is 0 Å². The predicted octanol–water partition coefficient (Wildman–Crippen LogP) is 3.69. The molecule has 1 aliphatic heterocycles. The fourth-order valence-corrected chi connectivity index (χ4v) is 4.06. The number of thioether (sulfide) groups is 1. The van der Waals surface area contributed by atoms with Gasteiger partial charge in [-0.3, -0.25) is 0 Å². The van der Waals surface area contributed by atoms with Crippen LogP contribution < -0.4 is 5.46 Å². The number of benzene rings is 1. The number of aryl methyl sites for hydroxylation is 1. The number of rotatable bonds is 9. The highest BCUT2D eigenvalue weighted by Gasteiger charge is 2.38. The van der Waals surface area contributed by atoms with E-state index in [0.29, 0.717) is 25.5 Å². The quantitative estimate of drug-likeness (QED) is 0.344. The number of ether oxygens (including phenoxy) is 1. The summed E-state index contributed by atoms with van der Waals surface area (Å²) >= 11 is 1.48. The third-order valence-electron chi connectivity index (χ3n) is 5.03. The number of imidazole rings is 1. The van der Waals surface area contributed by atoms with Crippen molar-refractivity contribution in [3.63, 3.8) is 0 Å². The van der Waals surface area contributed by atoms with E-state index in [9.17, 15) is 4.79 Å². The summed E-state index contributed by atoms with van der Waals surface area (Å²) in [5.41, 5.74) is 2.36. The van der Waals surface area contributed by atoms with Crippen molar-refractivity contribution in [1.82, 2.24) is 9.55 Å². The maximum Gasteiger partial charge on any atom is 0.494 e. The number of hydrogen-bond acceptors (Lipinski definition) is 6. The van der Waals surface area contributed by atoms with Gasteiger partial charge in [-0.2, -0.15) is 0 Å². The molecule has 0 bridgehead atoms. The molecule has 1 aliphatic rings. The van der Waals surface area contributed by atoms with Gasteiger partial charge in [0.2, 0.25) is 0 Å². The van der Waals surface area contributed by atoms with Gasteiger partial charge in [0.15, 0.2) is 5.69 Å². The molecule has 162 valence electrons. The van der Waals surface area contributed by atoms with E-state index in [1.165, 1.54) is 11.8 Å². The zero-order chi connectivity index (χ0) is 21.7. The fourth-order valence-electron chi connectivity index (χ4n) is 3.47. The second-order valence-corrected chi connectivity index (χ2v) is 8.85. The van der Waals surface area contributed by atoms with Gasteiger partial charge in [-0.15, -0.1) is 11.8 Å². The Bertz CT molecular complexity index is 867. The molecule has 0 atom stereocenters. The number of unbranched alkanes of at least 4 members (excludes halogenated alkanes) is 1. The third kappa shape index (κ3) is 5.28. The number of hydrogen-bond donors (Lipinski definition) is 0. The Kier molecular flexibility index (Phi) is 7.66. The van der Waals surface area contributed by atoms with E-state index in [4.69, 9.17) is 19.0 Å². The molecule has 0 saturated carbocycles. The molecule has 0 N–H and O–H groups in total. The van der Waals surface area contributed by atoms with Crippen LogP contribution in [-0.4, -0.2) is 47.7 Å². The van der Waals surface area contributed by atoms with E-state index in [2.05, 4.69) is 19.1 Å². The summed E-state index contributed by atoms with van der Waals surface area (Å²) in [6.45, 7) is 9.52. The molecule has 0 unspecified atom stereocenters. The molecule has 3 rings (SSSR count). The number of esters is 1. The molecule has 1 aromatic carbocycles. The van der Waals surface area contributed by atoms with Crippen LogP contribution >= 0.6 is 11.8 Å². The zero-order valence-corrected chi connectivity index (χ0v) is 19.4. The number of carbonyl (C=O) groups is 1. The molecule has 2 aromatic rings. The summed E-state index contributed by atoms with van der Waals surface area (Å²) in [5.74, 6) is 0.612. The van der Waals surface area contributed by atoms with Gasteiger partial charge in [0.25, 0.3) is 0 Å². The minimum Gasteiger partial charge on any atom is -0.461 e. The molecule has 0 aliphatic carbocycles. The van der Waals surface area contributed by atoms with Gasteiger partial charge in [-0.1, -0.05) is 37.6 Å². The van der Waals surface area contributed by atoms with Crippen molar-refractivity contribution in [1.29, 1.82) is 0 Å². The van der Waals surface area contributed by atoms with Crippen LogP contribution in [0.5, 0.6) is 0 Å². The molecule has 2 heterocycles. The molecule has 0 spiro atoms. The largest absolute Gasteiger partial charge is 0.494 e. The lowest BCUT2D eigenvalue weighted by atomic mass is 9.79. The summed E-state index contributed by atoms with van der Waals surface area (Å²) in [4.78, 5) is 17.4. The molecule has 1 saturated heterocycles. The predicted molar refractivity (Wildman–Crippen MR) is 121 cm³/mol. The van der Waals surface area contributed by atoms with Gasteiger partial charge >= 0.3 is 13.1 Å². The first-order valence-electron chi connectivity index (χ1n) is 10.6. The minimum absolute atomic E-state index is 0.267. The Morgan fingerprint density at radius 1 is 1.30 bits per heavy atom. The molecule has 0 radical (unpaired) electrons. The maximum atomic E-state index is 12.7. The Labute approximate surface area is 183 Å². The molecule has 6 nitrogen and oxygen atoms in total. The monoisotopic (exact) mass is 430 g/mol. The average Bonchev–Trinajstić information content (AvgIpc) is 3.26. The fraction of sp³-hybridized carbons (Fsp3) is 0.545. The van der Waals surface area contributed by atoms with Crippen LogP contribution in [-0.2, 0) is 27.0 Å². The smallest absolute Gasteiger partial charge is 0.461 e. The Morgan fingerprint density at radius 3 is 2.60 bits per heavy atom. The van der Waals surface area contributed by atoms with E-state index < -0.39 is 0 Å². The van der Waals surface area contributed by atoms with Crippen molar-refractivity contribution in [3.8, 4) is 0 Å². The minimum atomic E-state index is -0.333. The van der Waals surface area contributed by atoms with Gasteiger partial charge in [0.1, 0.15) is 10.9 Å². The van der Waals surface area contributed by atoms with Gasteiger partial charge in [-0.25, -0.2) is 9.78 Å². The lowest BCUT2D eigenvalue weighted by Crippen LogP contribution is -2.34. The van der Waals surface area contributed by atoms with Crippen molar-refractivity contribution in [2.45, 2.75) is 64.1 Å². The molecule has 1 fully saturated rings. The highest BCUT2D eigenvalue weighted by molar-refractivity contribution is 7.98. The highest BCUT2D eigenvalue weighted by Crippen LogP contribution is 2.25. The van der Waals surface area contributed by atoms with Crippen molar-refractivity contribution in [3.05, 3.63) is 41.3 Å². The van der Waals surface area contributed by atoms with Crippen molar-refractivity contribution in [2.24, 2.45) is 0 Å². The Morgan fingerprint density at radius 2 is 2.03 bits per heavy atom. The van der Waals surface area contributed by atoms with E-state index in [1.54, 1.807) is 0 Å². The van der Waals surface area contributed by atoms with Gasteiger partial charge in [0, 0.05) is 13.0 Å².